The van der Waals surface area contributed by atoms with E-state index in [9.17, 15) is 0 Å². The van der Waals surface area contributed by atoms with Gasteiger partial charge in [0.2, 0.25) is 0 Å². The van der Waals surface area contributed by atoms with Crippen LogP contribution >= 0.6 is 43.6 Å². The Balaban J connectivity index is 2.65. The summed E-state index contributed by atoms with van der Waals surface area (Å²) in [6.07, 6.45) is 3.23. The van der Waals surface area contributed by atoms with Crippen molar-refractivity contribution in [3.63, 3.8) is 0 Å². The summed E-state index contributed by atoms with van der Waals surface area (Å²) < 4.78 is 7.77. The third-order valence-electron chi connectivity index (χ3n) is 2.35. The van der Waals surface area contributed by atoms with E-state index in [1.165, 1.54) is 5.56 Å². The molecule has 0 spiro atoms. The lowest BCUT2D eigenvalue weighted by molar-refractivity contribution is 0.339. The number of rotatable bonds is 8. The van der Waals surface area contributed by atoms with Crippen LogP contribution in [0.2, 0.25) is 0 Å². The van der Waals surface area contributed by atoms with Crippen molar-refractivity contribution in [2.24, 2.45) is 0 Å². The molecule has 1 aromatic rings. The average molecular weight is 397 g/mol. The van der Waals surface area contributed by atoms with Crippen LogP contribution < -0.4 is 10.1 Å². The van der Waals surface area contributed by atoms with E-state index in [0.29, 0.717) is 0 Å². The largest absolute Gasteiger partial charge is 0.490 e. The highest BCUT2D eigenvalue weighted by Crippen LogP contribution is 2.34. The number of ether oxygens (including phenoxy) is 1. The molecule has 1 N–H and O–H groups in total. The second kappa shape index (κ2) is 9.23. The van der Waals surface area contributed by atoms with Gasteiger partial charge in [-0.05, 0) is 68.8 Å². The molecule has 0 atom stereocenters. The zero-order valence-electron chi connectivity index (χ0n) is 10.8. The van der Waals surface area contributed by atoms with Gasteiger partial charge in [-0.25, -0.2) is 0 Å². The molecular formula is C13H19Br2NOS. The van der Waals surface area contributed by atoms with Crippen molar-refractivity contribution in [2.45, 2.75) is 19.9 Å². The normalized spacial score (nSPS) is 10.7. The Kier molecular flexibility index (Phi) is 8.39. The smallest absolute Gasteiger partial charge is 0.147 e. The Morgan fingerprint density at radius 2 is 1.94 bits per heavy atom. The Morgan fingerprint density at radius 1 is 1.28 bits per heavy atom. The quantitative estimate of drug-likeness (QED) is 0.655. The van der Waals surface area contributed by atoms with Gasteiger partial charge < -0.3 is 10.1 Å². The van der Waals surface area contributed by atoms with Gasteiger partial charge in [-0.2, -0.15) is 11.8 Å². The fourth-order valence-corrected chi connectivity index (χ4v) is 3.25. The lowest BCUT2D eigenvalue weighted by Gasteiger charge is -2.12. The number of hydrogen-bond donors (Lipinski definition) is 1. The zero-order chi connectivity index (χ0) is 13.4. The van der Waals surface area contributed by atoms with Crippen LogP contribution in [0.1, 0.15) is 18.9 Å². The summed E-state index contributed by atoms with van der Waals surface area (Å²) in [5.74, 6) is 1.89. The summed E-state index contributed by atoms with van der Waals surface area (Å²) in [4.78, 5) is 0. The second-order valence-corrected chi connectivity index (χ2v) is 6.60. The number of thioether (sulfide) groups is 1. The van der Waals surface area contributed by atoms with Crippen molar-refractivity contribution in [1.82, 2.24) is 5.32 Å². The molecule has 0 amide bonds. The van der Waals surface area contributed by atoms with Crippen molar-refractivity contribution in [1.29, 1.82) is 0 Å². The lowest BCUT2D eigenvalue weighted by Crippen LogP contribution is -2.13. The van der Waals surface area contributed by atoms with E-state index in [-0.39, 0.29) is 0 Å². The van der Waals surface area contributed by atoms with Gasteiger partial charge in [0.25, 0.3) is 0 Å². The van der Waals surface area contributed by atoms with Crippen LogP contribution in [-0.2, 0) is 6.54 Å². The topological polar surface area (TPSA) is 21.3 Å². The first-order chi connectivity index (χ1) is 8.69. The molecule has 0 unspecified atom stereocenters. The molecule has 0 saturated heterocycles. The van der Waals surface area contributed by atoms with Gasteiger partial charge in [0.05, 0.1) is 15.6 Å². The molecule has 2 nitrogen and oxygen atoms in total. The molecule has 5 heteroatoms. The first-order valence-corrected chi connectivity index (χ1v) is 8.97. The first-order valence-electron chi connectivity index (χ1n) is 5.99. The molecule has 0 bridgehead atoms. The molecule has 0 heterocycles. The third-order valence-corrected chi connectivity index (χ3v) is 4.10. The van der Waals surface area contributed by atoms with Gasteiger partial charge in [-0.3, -0.25) is 0 Å². The standard InChI is InChI=1S/C13H19Br2NOS/c1-3-4-16-9-10-7-11(14)13(12(15)8-10)17-5-6-18-2/h7-8,16H,3-6,9H2,1-2H3. The van der Waals surface area contributed by atoms with E-state index >= 15 is 0 Å². The summed E-state index contributed by atoms with van der Waals surface area (Å²) in [6, 6.07) is 4.23. The second-order valence-electron chi connectivity index (χ2n) is 3.91. The van der Waals surface area contributed by atoms with E-state index in [0.717, 1.165) is 46.6 Å². The summed E-state index contributed by atoms with van der Waals surface area (Å²) in [5, 5.41) is 3.39. The zero-order valence-corrected chi connectivity index (χ0v) is 14.8. The van der Waals surface area contributed by atoms with Gasteiger partial charge in [-0.15, -0.1) is 0 Å². The van der Waals surface area contributed by atoms with E-state index in [1.807, 2.05) is 0 Å². The van der Waals surface area contributed by atoms with Gasteiger partial charge in [0.1, 0.15) is 5.75 Å². The average Bonchev–Trinajstić information content (AvgIpc) is 2.33. The number of halogens is 2. The highest BCUT2D eigenvalue weighted by atomic mass is 79.9. The fourth-order valence-electron chi connectivity index (χ4n) is 1.49. The summed E-state index contributed by atoms with van der Waals surface area (Å²) >= 11 is 8.92. The Morgan fingerprint density at radius 3 is 2.50 bits per heavy atom. The van der Waals surface area contributed by atoms with Crippen LogP contribution in [-0.4, -0.2) is 25.2 Å². The van der Waals surface area contributed by atoms with Crippen LogP contribution in [0, 0.1) is 0 Å². The molecule has 0 aliphatic rings. The maximum atomic E-state index is 5.75. The van der Waals surface area contributed by atoms with Crippen molar-refractivity contribution in [3.8, 4) is 5.75 Å². The molecule has 0 radical (unpaired) electrons. The molecule has 18 heavy (non-hydrogen) atoms. The molecule has 0 aliphatic heterocycles. The Bertz CT molecular complexity index is 351. The molecule has 1 aromatic carbocycles. The van der Waals surface area contributed by atoms with Crippen molar-refractivity contribution < 1.29 is 4.74 Å². The molecule has 102 valence electrons. The summed E-state index contributed by atoms with van der Waals surface area (Å²) in [7, 11) is 0. The van der Waals surface area contributed by atoms with E-state index in [4.69, 9.17) is 4.74 Å². The molecule has 0 aromatic heterocycles. The summed E-state index contributed by atoms with van der Waals surface area (Å²) in [5.41, 5.74) is 1.25. The Labute approximate surface area is 131 Å². The monoisotopic (exact) mass is 395 g/mol. The molecule has 1 rings (SSSR count). The van der Waals surface area contributed by atoms with E-state index < -0.39 is 0 Å². The first kappa shape index (κ1) is 16.3. The SMILES string of the molecule is CCCNCc1cc(Br)c(OCCSC)c(Br)c1. The van der Waals surface area contributed by atoms with Crippen LogP contribution in [0.15, 0.2) is 21.1 Å². The Hall–Kier alpha value is 0.290. The van der Waals surface area contributed by atoms with Crippen molar-refractivity contribution >= 4 is 43.6 Å². The van der Waals surface area contributed by atoms with Gasteiger partial charge in [0, 0.05) is 12.3 Å². The number of nitrogens with one attached hydrogen (secondary N) is 1. The minimum Gasteiger partial charge on any atom is -0.490 e. The van der Waals surface area contributed by atoms with Gasteiger partial charge in [-0.1, -0.05) is 6.92 Å². The predicted octanol–water partition coefficient (Wildman–Crippen LogP) is 4.45. The maximum absolute atomic E-state index is 5.75. The van der Waals surface area contributed by atoms with Crippen LogP contribution in [0.25, 0.3) is 0 Å². The minimum atomic E-state index is 0.728. The van der Waals surface area contributed by atoms with Gasteiger partial charge >= 0.3 is 0 Å². The van der Waals surface area contributed by atoms with Crippen LogP contribution in [0.4, 0.5) is 0 Å². The van der Waals surface area contributed by atoms with E-state index in [2.05, 4.69) is 62.5 Å². The maximum Gasteiger partial charge on any atom is 0.147 e. The van der Waals surface area contributed by atoms with Crippen molar-refractivity contribution in [3.05, 3.63) is 26.6 Å². The summed E-state index contributed by atoms with van der Waals surface area (Å²) in [6.45, 7) is 4.82. The predicted molar refractivity (Wildman–Crippen MR) is 87.7 cm³/mol. The molecule has 0 aliphatic carbocycles. The molecular weight excluding hydrogens is 378 g/mol. The minimum absolute atomic E-state index is 0.728. The van der Waals surface area contributed by atoms with E-state index in [1.54, 1.807) is 11.8 Å². The highest BCUT2D eigenvalue weighted by molar-refractivity contribution is 9.11. The number of benzene rings is 1. The fraction of sp³-hybridized carbons (Fsp3) is 0.538. The molecule has 0 saturated carbocycles. The lowest BCUT2D eigenvalue weighted by atomic mass is 10.2. The van der Waals surface area contributed by atoms with Crippen LogP contribution in [0.3, 0.4) is 0 Å². The van der Waals surface area contributed by atoms with Crippen LogP contribution in [0.5, 0.6) is 5.75 Å². The van der Waals surface area contributed by atoms with Gasteiger partial charge in [0.15, 0.2) is 0 Å². The van der Waals surface area contributed by atoms with Crippen molar-refractivity contribution in [2.75, 3.05) is 25.2 Å². The molecule has 0 fully saturated rings. The third kappa shape index (κ3) is 5.51. The highest BCUT2D eigenvalue weighted by Gasteiger charge is 2.08. The number of hydrogen-bond acceptors (Lipinski definition) is 3.